The number of nitrogens with zero attached hydrogens (tertiary/aromatic N) is 2. The molecule has 3 aromatic heterocycles. The maximum atomic E-state index is 7.23. The summed E-state index contributed by atoms with van der Waals surface area (Å²) in [7, 11) is -1.55. The van der Waals surface area contributed by atoms with Crippen molar-refractivity contribution in [3.05, 3.63) is 115 Å². The van der Waals surface area contributed by atoms with Crippen molar-refractivity contribution in [2.24, 2.45) is 0 Å². The summed E-state index contributed by atoms with van der Waals surface area (Å²) in [4.78, 5) is 8.98. The first-order valence-corrected chi connectivity index (χ1v) is 18.4. The van der Waals surface area contributed by atoms with Crippen LogP contribution >= 0.6 is 0 Å². The molecule has 3 heterocycles. The molecule has 0 bridgehead atoms. The first-order valence-electron chi connectivity index (χ1n) is 16.4. The largest absolute Gasteiger partial charge is 0.501 e. The number of aromatic nitrogens is 2. The Kier molecular flexibility index (Phi) is 8.54. The van der Waals surface area contributed by atoms with Crippen LogP contribution < -0.4 is 5.19 Å². The molecule has 6 aromatic rings. The Bertz CT molecular complexity index is 1890. The van der Waals surface area contributed by atoms with E-state index in [1.165, 1.54) is 59.8 Å². The van der Waals surface area contributed by atoms with Crippen LogP contribution in [0.1, 0.15) is 53.3 Å². The molecule has 0 saturated heterocycles. The van der Waals surface area contributed by atoms with E-state index in [-0.39, 0.29) is 25.7 Å². The van der Waals surface area contributed by atoms with Crippen LogP contribution in [0.25, 0.3) is 44.5 Å². The van der Waals surface area contributed by atoms with Gasteiger partial charge in [0.25, 0.3) is 0 Å². The number of furan rings is 1. The summed E-state index contributed by atoms with van der Waals surface area (Å²) < 4.78 is 28.1. The van der Waals surface area contributed by atoms with Crippen molar-refractivity contribution >= 4 is 35.2 Å². The third-order valence-electron chi connectivity index (χ3n) is 8.13. The molecule has 0 amide bonds. The van der Waals surface area contributed by atoms with E-state index in [4.69, 9.17) is 13.5 Å². The van der Waals surface area contributed by atoms with Crippen LogP contribution in [0, 0.1) is 19.0 Å². The van der Waals surface area contributed by atoms with Crippen molar-refractivity contribution in [3.63, 3.8) is 0 Å². The van der Waals surface area contributed by atoms with E-state index in [1.807, 2.05) is 24.3 Å². The van der Waals surface area contributed by atoms with Gasteiger partial charge in [0.15, 0.2) is 0 Å². The zero-order valence-corrected chi connectivity index (χ0v) is 28.3. The number of benzene rings is 3. The second-order valence-electron chi connectivity index (χ2n) is 12.1. The fourth-order valence-corrected chi connectivity index (χ4v) is 7.39. The molecule has 0 unspecified atom stereocenters. The van der Waals surface area contributed by atoms with Crippen molar-refractivity contribution in [1.82, 2.24) is 9.97 Å². The third kappa shape index (κ3) is 6.91. The summed E-state index contributed by atoms with van der Waals surface area (Å²) in [5.41, 5.74) is 7.04. The minimum atomic E-state index is -2.09. The predicted molar refractivity (Wildman–Crippen MR) is 178 cm³/mol. The standard InChI is InChI=1S/C26H28NOSi.C12H10N.Ir/c1-29(2,3)24-16-14-20(26-25(24)21-11-7-8-12-23(21)28-26)22-15-13-19(17-27-22)18-9-5-4-6-10-18;1-10-7-8-12(13-9-10)11-5-3-2-4-6-11;/h7-8,11-13,15-18H,4-6,9-10H2,1-3H3;2-5,7-9H,1H3;/q2*-1;/i;1D3;. The molecule has 5 heteroatoms. The van der Waals surface area contributed by atoms with Gasteiger partial charge in [-0.1, -0.05) is 92.3 Å². The predicted octanol–water partition coefficient (Wildman–Crippen LogP) is 9.90. The van der Waals surface area contributed by atoms with Gasteiger partial charge in [0.2, 0.25) is 0 Å². The monoisotopic (exact) mass is 762 g/mol. The van der Waals surface area contributed by atoms with Crippen molar-refractivity contribution in [2.45, 2.75) is 64.5 Å². The van der Waals surface area contributed by atoms with E-state index in [2.05, 4.69) is 79.4 Å². The Labute approximate surface area is 274 Å². The van der Waals surface area contributed by atoms with Gasteiger partial charge in [-0.2, -0.15) is 0 Å². The average Bonchev–Trinajstić information content (AvgIpc) is 3.44. The molecule has 0 atom stereocenters. The molecule has 3 nitrogen and oxygen atoms in total. The van der Waals surface area contributed by atoms with Crippen molar-refractivity contribution in [2.75, 3.05) is 0 Å². The molecule has 0 spiro atoms. The van der Waals surface area contributed by atoms with Gasteiger partial charge in [-0.05, 0) is 54.2 Å². The fraction of sp³-hybridized carbons (Fsp3) is 0.263. The molecule has 1 aliphatic carbocycles. The number of fused-ring (bicyclic) bond motifs is 3. The maximum Gasteiger partial charge on any atom is 0.120 e. The van der Waals surface area contributed by atoms with Gasteiger partial charge < -0.3 is 14.4 Å². The maximum absolute atomic E-state index is 7.23. The molecule has 43 heavy (non-hydrogen) atoms. The number of hydrogen-bond donors (Lipinski definition) is 0. The molecule has 0 N–H and O–H groups in total. The number of para-hydroxylation sites is 1. The number of rotatable bonds is 4. The molecular formula is C38H38IrN2OSi-2. The van der Waals surface area contributed by atoms with Crippen LogP contribution in [0.15, 0.2) is 95.7 Å². The third-order valence-corrected chi connectivity index (χ3v) is 10.1. The first-order chi connectivity index (χ1) is 21.6. The van der Waals surface area contributed by atoms with Gasteiger partial charge in [-0.25, -0.2) is 0 Å². The second-order valence-corrected chi connectivity index (χ2v) is 17.2. The Morgan fingerprint density at radius 2 is 1.60 bits per heavy atom. The molecule has 1 aliphatic rings. The van der Waals surface area contributed by atoms with Gasteiger partial charge in [0.05, 0.1) is 5.58 Å². The molecule has 221 valence electrons. The van der Waals surface area contributed by atoms with Crippen LogP contribution in [0.4, 0.5) is 0 Å². The van der Waals surface area contributed by atoms with E-state index >= 15 is 0 Å². The van der Waals surface area contributed by atoms with E-state index in [0.717, 1.165) is 33.7 Å². The summed E-state index contributed by atoms with van der Waals surface area (Å²) in [6, 6.07) is 32.3. The summed E-state index contributed by atoms with van der Waals surface area (Å²) >= 11 is 0. The number of pyridine rings is 2. The molecule has 7 rings (SSSR count). The Morgan fingerprint density at radius 1 is 0.837 bits per heavy atom. The van der Waals surface area contributed by atoms with Crippen LogP contribution in [-0.2, 0) is 20.1 Å². The quantitative estimate of drug-likeness (QED) is 0.133. The van der Waals surface area contributed by atoms with E-state index in [9.17, 15) is 0 Å². The molecule has 1 radical (unpaired) electrons. The summed E-state index contributed by atoms with van der Waals surface area (Å²) in [5, 5.41) is 3.86. The van der Waals surface area contributed by atoms with Gasteiger partial charge in [0, 0.05) is 50.1 Å². The van der Waals surface area contributed by atoms with E-state index < -0.39 is 14.9 Å². The Hall–Kier alpha value is -3.37. The minimum absolute atomic E-state index is 0. The SMILES string of the molecule is C[Si](C)(C)c1c[c-]c(-c2ccc(C3CCCCC3)cn2)c2oc3ccccc3c12.[2H]C([2H])([2H])c1ccc(-c2[c-]cccc2)nc1.[Ir]. The summed E-state index contributed by atoms with van der Waals surface area (Å²) in [6.45, 7) is 5.06. The number of hydrogen-bond acceptors (Lipinski definition) is 3. The van der Waals surface area contributed by atoms with Crippen LogP contribution in [-0.4, -0.2) is 18.0 Å². The molecular weight excluding hydrogens is 721 g/mol. The van der Waals surface area contributed by atoms with E-state index in [0.29, 0.717) is 5.92 Å². The average molecular weight is 762 g/mol. The molecule has 3 aromatic carbocycles. The zero-order valence-electron chi connectivity index (χ0n) is 27.9. The zero-order chi connectivity index (χ0) is 31.6. The minimum Gasteiger partial charge on any atom is -0.501 e. The summed E-state index contributed by atoms with van der Waals surface area (Å²) in [6.07, 6.45) is 10.1. The Balaban J connectivity index is 0.000000209. The molecule has 0 aliphatic heterocycles. The molecule has 1 fully saturated rings. The topological polar surface area (TPSA) is 38.9 Å². The smallest absolute Gasteiger partial charge is 0.120 e. The van der Waals surface area contributed by atoms with E-state index in [1.54, 1.807) is 18.2 Å². The Morgan fingerprint density at radius 3 is 2.28 bits per heavy atom. The van der Waals surface area contributed by atoms with Crippen LogP contribution in [0.2, 0.25) is 19.6 Å². The van der Waals surface area contributed by atoms with Gasteiger partial charge in [0.1, 0.15) is 5.58 Å². The van der Waals surface area contributed by atoms with Crippen LogP contribution in [0.5, 0.6) is 0 Å². The van der Waals surface area contributed by atoms with Crippen molar-refractivity contribution in [3.8, 4) is 22.5 Å². The van der Waals surface area contributed by atoms with Crippen molar-refractivity contribution < 1.29 is 28.6 Å². The van der Waals surface area contributed by atoms with Gasteiger partial charge >= 0.3 is 0 Å². The van der Waals surface area contributed by atoms with Crippen LogP contribution in [0.3, 0.4) is 0 Å². The summed E-state index contributed by atoms with van der Waals surface area (Å²) in [5.74, 6) is 0.676. The van der Waals surface area contributed by atoms with Crippen molar-refractivity contribution in [1.29, 1.82) is 0 Å². The van der Waals surface area contributed by atoms with Gasteiger partial charge in [-0.3, -0.25) is 0 Å². The fourth-order valence-electron chi connectivity index (χ4n) is 5.89. The molecule has 1 saturated carbocycles. The number of aryl methyl sites for hydroxylation is 1. The first kappa shape index (κ1) is 27.2. The normalized spacial score (nSPS) is 15.1. The van der Waals surface area contributed by atoms with Gasteiger partial charge in [-0.15, -0.1) is 53.2 Å². The second kappa shape index (κ2) is 13.5.